The van der Waals surface area contributed by atoms with Gasteiger partial charge in [-0.2, -0.15) is 4.68 Å². The normalized spacial score (nSPS) is 19.4. The van der Waals surface area contributed by atoms with Gasteiger partial charge in [-0.25, -0.2) is 0 Å². The lowest BCUT2D eigenvalue weighted by atomic mass is 9.91. The fourth-order valence-corrected chi connectivity index (χ4v) is 5.84. The number of carbonyl (C=O) groups excluding carboxylic acids is 4. The van der Waals surface area contributed by atoms with Gasteiger partial charge < -0.3 is 15.5 Å². The van der Waals surface area contributed by atoms with Crippen LogP contribution in [0.1, 0.15) is 54.1 Å². The van der Waals surface area contributed by atoms with E-state index in [1.807, 2.05) is 11.0 Å². The van der Waals surface area contributed by atoms with Gasteiger partial charge in [0.1, 0.15) is 11.6 Å². The van der Waals surface area contributed by atoms with Crippen LogP contribution in [0.25, 0.3) is 10.9 Å². The number of benzene rings is 2. The van der Waals surface area contributed by atoms with Crippen LogP contribution in [-0.4, -0.2) is 69.7 Å². The monoisotopic (exact) mass is 581 g/mol. The van der Waals surface area contributed by atoms with Crippen LogP contribution in [0.4, 0.5) is 5.69 Å². The van der Waals surface area contributed by atoms with Crippen LogP contribution in [0, 0.1) is 23.7 Å². The number of nitrogens with one attached hydrogen (secondary N) is 1. The molecule has 6 rings (SSSR count). The SMILES string of the molecule is NC(=O)c1ccc(C#CCC2CCN(C(=O)C3CN(c4ccc5nnn(C6CCC(=O)NC6=O)c(=O)c5c4)C3)CC2)cc1. The number of likely N-dealkylation sites (tertiary alicyclic amines) is 1. The number of nitrogens with zero attached hydrogens (tertiary/aromatic N) is 5. The van der Waals surface area contributed by atoms with Gasteiger partial charge in [0.25, 0.3) is 11.5 Å². The Kier molecular flexibility index (Phi) is 7.63. The molecule has 4 amide bonds. The highest BCUT2D eigenvalue weighted by Crippen LogP contribution is 2.29. The number of piperidine rings is 2. The zero-order chi connectivity index (χ0) is 30.1. The lowest BCUT2D eigenvalue weighted by Crippen LogP contribution is -2.55. The van der Waals surface area contributed by atoms with Crippen molar-refractivity contribution in [2.75, 3.05) is 31.1 Å². The quantitative estimate of drug-likeness (QED) is 0.333. The summed E-state index contributed by atoms with van der Waals surface area (Å²) in [5, 5.41) is 10.6. The van der Waals surface area contributed by atoms with Crippen LogP contribution in [-0.2, 0) is 14.4 Å². The first-order chi connectivity index (χ1) is 20.8. The molecule has 3 aliphatic heterocycles. The van der Waals surface area contributed by atoms with Gasteiger partial charge in [-0.15, -0.1) is 5.10 Å². The van der Waals surface area contributed by atoms with E-state index >= 15 is 0 Å². The number of hydrogen-bond donors (Lipinski definition) is 2. The van der Waals surface area contributed by atoms with Crippen LogP contribution < -0.4 is 21.5 Å². The molecule has 3 aromatic rings. The number of primary amides is 1. The highest BCUT2D eigenvalue weighted by Gasteiger charge is 2.37. The Labute approximate surface area is 247 Å². The standard InChI is InChI=1S/C31H31N7O5/c32-28(40)21-6-4-19(5-7-21)2-1-3-20-12-14-36(15-13-20)30(42)22-17-37(18-22)23-8-9-25-24(16-23)31(43)38(35-34-25)26-10-11-27(39)33-29(26)41/h4-9,16,20,22,26H,3,10-15,17-18H2,(H2,32,40)(H,33,39,41). The van der Waals surface area contributed by atoms with Gasteiger partial charge >= 0.3 is 0 Å². The highest BCUT2D eigenvalue weighted by atomic mass is 16.2. The lowest BCUT2D eigenvalue weighted by molar-refractivity contribution is -0.138. The molecule has 4 heterocycles. The van der Waals surface area contributed by atoms with Crippen molar-refractivity contribution in [3.05, 3.63) is 63.9 Å². The molecule has 1 atom stereocenters. The summed E-state index contributed by atoms with van der Waals surface area (Å²) in [4.78, 5) is 65.4. The van der Waals surface area contributed by atoms with E-state index in [9.17, 15) is 24.0 Å². The Morgan fingerprint density at radius 2 is 1.74 bits per heavy atom. The van der Waals surface area contributed by atoms with E-state index in [1.54, 1.807) is 36.4 Å². The highest BCUT2D eigenvalue weighted by molar-refractivity contribution is 5.99. The second-order valence-corrected chi connectivity index (χ2v) is 11.3. The number of fused-ring (bicyclic) bond motifs is 1. The minimum Gasteiger partial charge on any atom is -0.370 e. The second kappa shape index (κ2) is 11.7. The molecule has 0 aliphatic carbocycles. The summed E-state index contributed by atoms with van der Waals surface area (Å²) in [5.74, 6) is 5.47. The summed E-state index contributed by atoms with van der Waals surface area (Å²) in [6.07, 6.45) is 2.89. The third-order valence-electron chi connectivity index (χ3n) is 8.49. The maximum atomic E-state index is 13.2. The molecular formula is C31H31N7O5. The third-order valence-corrected chi connectivity index (χ3v) is 8.49. The summed E-state index contributed by atoms with van der Waals surface area (Å²) < 4.78 is 1.05. The van der Waals surface area contributed by atoms with Crippen molar-refractivity contribution in [3.63, 3.8) is 0 Å². The van der Waals surface area contributed by atoms with Crippen LogP contribution >= 0.6 is 0 Å². The van der Waals surface area contributed by atoms with Gasteiger partial charge in [0.05, 0.1) is 11.3 Å². The summed E-state index contributed by atoms with van der Waals surface area (Å²) >= 11 is 0. The number of amides is 4. The van der Waals surface area contributed by atoms with E-state index in [0.29, 0.717) is 48.6 Å². The molecule has 3 aliphatic rings. The molecular weight excluding hydrogens is 550 g/mol. The van der Waals surface area contributed by atoms with E-state index in [4.69, 9.17) is 5.73 Å². The molecule has 2 aromatic carbocycles. The van der Waals surface area contributed by atoms with E-state index in [1.165, 1.54) is 0 Å². The second-order valence-electron chi connectivity index (χ2n) is 11.3. The van der Waals surface area contributed by atoms with Gasteiger partial charge in [-0.3, -0.25) is 29.3 Å². The molecule has 12 heteroatoms. The number of imide groups is 1. The number of nitrogens with two attached hydrogens (primary N) is 1. The van der Waals surface area contributed by atoms with Crippen molar-refractivity contribution in [2.24, 2.45) is 17.6 Å². The first-order valence-electron chi connectivity index (χ1n) is 14.4. The molecule has 0 radical (unpaired) electrons. The molecule has 1 unspecified atom stereocenters. The largest absolute Gasteiger partial charge is 0.370 e. The van der Waals surface area contributed by atoms with Gasteiger partial charge in [0, 0.05) is 55.8 Å². The van der Waals surface area contributed by atoms with Crippen LogP contribution in [0.5, 0.6) is 0 Å². The number of rotatable bonds is 5. The Hall–Kier alpha value is -5.05. The maximum Gasteiger partial charge on any atom is 0.278 e. The molecule has 3 saturated heterocycles. The Morgan fingerprint density at radius 3 is 2.44 bits per heavy atom. The van der Waals surface area contributed by atoms with E-state index in [2.05, 4.69) is 32.4 Å². The summed E-state index contributed by atoms with van der Waals surface area (Å²) in [7, 11) is 0. The predicted octanol–water partition coefficient (Wildman–Crippen LogP) is 0.985. The van der Waals surface area contributed by atoms with Crippen molar-refractivity contribution in [1.29, 1.82) is 0 Å². The molecule has 1 aromatic heterocycles. The Bertz CT molecular complexity index is 1730. The topological polar surface area (TPSA) is 161 Å². The minimum atomic E-state index is -0.880. The first-order valence-corrected chi connectivity index (χ1v) is 14.4. The van der Waals surface area contributed by atoms with Crippen molar-refractivity contribution in [3.8, 4) is 11.8 Å². The minimum absolute atomic E-state index is 0.105. The van der Waals surface area contributed by atoms with Gasteiger partial charge in [0.2, 0.25) is 17.7 Å². The predicted molar refractivity (Wildman–Crippen MR) is 157 cm³/mol. The fourth-order valence-electron chi connectivity index (χ4n) is 5.84. The van der Waals surface area contributed by atoms with Gasteiger partial charge in [-0.1, -0.05) is 17.1 Å². The molecule has 0 bridgehead atoms. The average molecular weight is 582 g/mol. The molecule has 43 heavy (non-hydrogen) atoms. The van der Waals surface area contributed by atoms with Crippen LogP contribution in [0.15, 0.2) is 47.3 Å². The van der Waals surface area contributed by atoms with E-state index in [-0.39, 0.29) is 30.6 Å². The van der Waals surface area contributed by atoms with Gasteiger partial charge in [0.15, 0.2) is 0 Å². The lowest BCUT2D eigenvalue weighted by Gasteiger charge is -2.43. The molecule has 0 spiro atoms. The third kappa shape index (κ3) is 5.83. The molecule has 0 saturated carbocycles. The average Bonchev–Trinajstić information content (AvgIpc) is 2.98. The fraction of sp³-hybridized carbons (Fsp3) is 0.387. The molecule has 3 N–H and O–H groups in total. The van der Waals surface area contributed by atoms with Crippen molar-refractivity contribution < 1.29 is 19.2 Å². The maximum absolute atomic E-state index is 13.2. The number of anilines is 1. The zero-order valence-electron chi connectivity index (χ0n) is 23.5. The smallest absolute Gasteiger partial charge is 0.278 e. The first kappa shape index (κ1) is 28.1. The Morgan fingerprint density at radius 1 is 1.00 bits per heavy atom. The summed E-state index contributed by atoms with van der Waals surface area (Å²) in [5.41, 5.74) is 7.35. The summed E-state index contributed by atoms with van der Waals surface area (Å²) in [6.45, 7) is 2.54. The number of hydrogen-bond acceptors (Lipinski definition) is 8. The van der Waals surface area contributed by atoms with Crippen molar-refractivity contribution in [1.82, 2.24) is 25.2 Å². The summed E-state index contributed by atoms with van der Waals surface area (Å²) in [6, 6.07) is 11.3. The van der Waals surface area contributed by atoms with Crippen molar-refractivity contribution in [2.45, 2.75) is 38.1 Å². The van der Waals surface area contributed by atoms with E-state index < -0.39 is 23.4 Å². The van der Waals surface area contributed by atoms with Crippen LogP contribution in [0.2, 0.25) is 0 Å². The molecule has 220 valence electrons. The number of carbonyl (C=O) groups is 4. The molecule has 3 fully saturated rings. The Balaban J connectivity index is 1.02. The van der Waals surface area contributed by atoms with E-state index in [0.717, 1.165) is 35.2 Å². The van der Waals surface area contributed by atoms with Crippen LogP contribution in [0.3, 0.4) is 0 Å². The number of aromatic nitrogens is 3. The van der Waals surface area contributed by atoms with Gasteiger partial charge in [-0.05, 0) is 67.6 Å². The molecule has 12 nitrogen and oxygen atoms in total. The van der Waals surface area contributed by atoms with Crippen molar-refractivity contribution >= 4 is 40.2 Å². The zero-order valence-corrected chi connectivity index (χ0v) is 23.5.